The molecule has 1 amide bonds. The van der Waals surface area contributed by atoms with Gasteiger partial charge in [0, 0.05) is 12.0 Å². The quantitative estimate of drug-likeness (QED) is 0.452. The Morgan fingerprint density at radius 3 is 2.27 bits per heavy atom. The van der Waals surface area contributed by atoms with Gasteiger partial charge in [-0.2, -0.15) is 8.42 Å². The third-order valence-corrected chi connectivity index (χ3v) is 5.19. The number of hydrogen-bond donors (Lipinski definition) is 1. The zero-order chi connectivity index (χ0) is 19.0. The van der Waals surface area contributed by atoms with Crippen molar-refractivity contribution >= 4 is 21.8 Å². The molecule has 0 heterocycles. The molecule has 2 rings (SSSR count). The van der Waals surface area contributed by atoms with Crippen molar-refractivity contribution in [1.29, 1.82) is 0 Å². The Morgan fingerprint density at radius 1 is 1.00 bits per heavy atom. The van der Waals surface area contributed by atoms with Crippen LogP contribution in [0.2, 0.25) is 0 Å². The summed E-state index contributed by atoms with van der Waals surface area (Å²) in [5.74, 6) is -0.187. The van der Waals surface area contributed by atoms with Crippen LogP contribution >= 0.6 is 0 Å². The van der Waals surface area contributed by atoms with Gasteiger partial charge in [0.1, 0.15) is 5.84 Å². The standard InChI is InChI=1S/C20H24N2O3S/c1-3-4-6-11-19(21-20(23)17-9-7-5-8-10-17)22-26(24,25)18-14-12-16(2)13-15-18/h5,7-10,12-15H,3-4,6,11H2,1-2H3,(H,21,22,23). The van der Waals surface area contributed by atoms with Crippen LogP contribution in [0.1, 0.15) is 48.5 Å². The van der Waals surface area contributed by atoms with Gasteiger partial charge in [-0.25, -0.2) is 0 Å². The van der Waals surface area contributed by atoms with Crippen molar-refractivity contribution in [2.24, 2.45) is 4.40 Å². The number of sulfonamides is 1. The van der Waals surface area contributed by atoms with Crippen LogP contribution in [0.4, 0.5) is 0 Å². The van der Waals surface area contributed by atoms with E-state index in [0.717, 1.165) is 24.8 Å². The van der Waals surface area contributed by atoms with Gasteiger partial charge in [0.2, 0.25) is 0 Å². The first-order valence-corrected chi connectivity index (χ1v) is 10.1. The Morgan fingerprint density at radius 2 is 1.65 bits per heavy atom. The molecule has 0 spiro atoms. The Labute approximate surface area is 155 Å². The third-order valence-electron chi connectivity index (χ3n) is 3.86. The first-order chi connectivity index (χ1) is 12.4. The molecule has 0 fully saturated rings. The lowest BCUT2D eigenvalue weighted by Gasteiger charge is -2.09. The monoisotopic (exact) mass is 372 g/mol. The van der Waals surface area contributed by atoms with Crippen LogP contribution in [-0.2, 0) is 10.0 Å². The second-order valence-electron chi connectivity index (χ2n) is 6.10. The van der Waals surface area contributed by atoms with E-state index in [0.29, 0.717) is 12.0 Å². The van der Waals surface area contributed by atoms with Crippen LogP contribution in [0.15, 0.2) is 63.9 Å². The molecule has 0 saturated heterocycles. The van der Waals surface area contributed by atoms with Crippen molar-refractivity contribution in [2.45, 2.75) is 44.4 Å². The number of benzene rings is 2. The van der Waals surface area contributed by atoms with Crippen LogP contribution in [0.25, 0.3) is 0 Å². The Balaban J connectivity index is 2.26. The van der Waals surface area contributed by atoms with Crippen molar-refractivity contribution in [3.05, 3.63) is 65.7 Å². The lowest BCUT2D eigenvalue weighted by molar-refractivity contribution is 0.0976. The second-order valence-corrected chi connectivity index (χ2v) is 7.71. The molecule has 0 aliphatic heterocycles. The Kier molecular flexibility index (Phi) is 7.09. The van der Waals surface area contributed by atoms with Crippen LogP contribution in [0.3, 0.4) is 0 Å². The zero-order valence-electron chi connectivity index (χ0n) is 15.1. The number of nitrogens with zero attached hydrogens (tertiary/aromatic N) is 1. The maximum Gasteiger partial charge on any atom is 0.283 e. The Hall–Kier alpha value is -2.47. The van der Waals surface area contributed by atoms with Gasteiger partial charge < -0.3 is 5.32 Å². The first kappa shape index (κ1) is 19.8. The highest BCUT2D eigenvalue weighted by molar-refractivity contribution is 7.90. The topological polar surface area (TPSA) is 75.6 Å². The normalized spacial score (nSPS) is 12.0. The molecule has 0 atom stereocenters. The molecule has 0 aliphatic rings. The summed E-state index contributed by atoms with van der Waals surface area (Å²) >= 11 is 0. The predicted octanol–water partition coefficient (Wildman–Crippen LogP) is 4.09. The minimum Gasteiger partial charge on any atom is -0.309 e. The van der Waals surface area contributed by atoms with E-state index < -0.39 is 10.0 Å². The van der Waals surface area contributed by atoms with Gasteiger partial charge in [0.15, 0.2) is 0 Å². The molecular formula is C20H24N2O3S. The van der Waals surface area contributed by atoms with Gasteiger partial charge >= 0.3 is 0 Å². The second kappa shape index (κ2) is 9.29. The number of carbonyl (C=O) groups is 1. The molecule has 0 bridgehead atoms. The molecule has 2 aromatic rings. The maximum atomic E-state index is 12.6. The number of amidine groups is 1. The molecule has 1 N–H and O–H groups in total. The largest absolute Gasteiger partial charge is 0.309 e. The first-order valence-electron chi connectivity index (χ1n) is 8.69. The van der Waals surface area contributed by atoms with Gasteiger partial charge in [-0.05, 0) is 37.6 Å². The van der Waals surface area contributed by atoms with Crippen molar-refractivity contribution < 1.29 is 13.2 Å². The minimum atomic E-state index is -3.87. The lowest BCUT2D eigenvalue weighted by atomic mass is 10.2. The van der Waals surface area contributed by atoms with Gasteiger partial charge in [0.05, 0.1) is 4.90 Å². The van der Waals surface area contributed by atoms with E-state index in [1.165, 1.54) is 12.1 Å². The number of rotatable bonds is 7. The number of nitrogens with one attached hydrogen (secondary N) is 1. The van der Waals surface area contributed by atoms with Crippen LogP contribution in [-0.4, -0.2) is 20.2 Å². The van der Waals surface area contributed by atoms with E-state index in [2.05, 4.69) is 16.6 Å². The SMILES string of the molecule is CCCCC/C(=N\S(=O)(=O)c1ccc(C)cc1)NC(=O)c1ccccc1. The highest BCUT2D eigenvalue weighted by Gasteiger charge is 2.16. The summed E-state index contributed by atoms with van der Waals surface area (Å²) in [7, 11) is -3.87. The number of carbonyl (C=O) groups excluding carboxylic acids is 1. The molecule has 0 saturated carbocycles. The van der Waals surface area contributed by atoms with Crippen LogP contribution < -0.4 is 5.32 Å². The highest BCUT2D eigenvalue weighted by atomic mass is 32.2. The summed E-state index contributed by atoms with van der Waals surface area (Å²) in [6, 6.07) is 15.2. The van der Waals surface area contributed by atoms with E-state index >= 15 is 0 Å². The molecule has 138 valence electrons. The van der Waals surface area contributed by atoms with Gasteiger partial charge in [-0.3, -0.25) is 4.79 Å². The fourth-order valence-electron chi connectivity index (χ4n) is 2.37. The molecule has 2 aromatic carbocycles. The molecule has 0 aliphatic carbocycles. The number of hydrogen-bond acceptors (Lipinski definition) is 3. The summed E-state index contributed by atoms with van der Waals surface area (Å²) in [5, 5.41) is 2.66. The van der Waals surface area contributed by atoms with Crippen LogP contribution in [0, 0.1) is 6.92 Å². The fraction of sp³-hybridized carbons (Fsp3) is 0.300. The average molecular weight is 372 g/mol. The highest BCUT2D eigenvalue weighted by Crippen LogP contribution is 2.14. The number of aryl methyl sites for hydroxylation is 1. The van der Waals surface area contributed by atoms with Crippen molar-refractivity contribution in [3.63, 3.8) is 0 Å². The summed E-state index contributed by atoms with van der Waals surface area (Å²) in [5.41, 5.74) is 1.43. The molecule has 26 heavy (non-hydrogen) atoms. The molecule has 0 unspecified atom stereocenters. The zero-order valence-corrected chi connectivity index (χ0v) is 15.9. The lowest BCUT2D eigenvalue weighted by Crippen LogP contribution is -2.31. The van der Waals surface area contributed by atoms with Crippen LogP contribution in [0.5, 0.6) is 0 Å². The van der Waals surface area contributed by atoms with Gasteiger partial charge in [-0.15, -0.1) is 4.40 Å². The summed E-state index contributed by atoms with van der Waals surface area (Å²) < 4.78 is 29.0. The predicted molar refractivity (Wildman–Crippen MR) is 104 cm³/mol. The molecule has 5 nitrogen and oxygen atoms in total. The molecule has 0 aromatic heterocycles. The fourth-order valence-corrected chi connectivity index (χ4v) is 3.39. The van der Waals surface area contributed by atoms with Gasteiger partial charge in [0.25, 0.3) is 15.9 Å². The van der Waals surface area contributed by atoms with E-state index in [4.69, 9.17) is 0 Å². The Bertz CT molecular complexity index is 858. The van der Waals surface area contributed by atoms with Crippen molar-refractivity contribution in [2.75, 3.05) is 0 Å². The van der Waals surface area contributed by atoms with E-state index in [-0.39, 0.29) is 16.6 Å². The molecule has 6 heteroatoms. The van der Waals surface area contributed by atoms with E-state index in [9.17, 15) is 13.2 Å². The van der Waals surface area contributed by atoms with Gasteiger partial charge in [-0.1, -0.05) is 55.7 Å². The maximum absolute atomic E-state index is 12.6. The third kappa shape index (κ3) is 5.81. The number of amides is 1. The summed E-state index contributed by atoms with van der Waals surface area (Å²) in [6.07, 6.45) is 3.08. The van der Waals surface area contributed by atoms with E-state index in [1.54, 1.807) is 36.4 Å². The number of unbranched alkanes of at least 4 members (excludes halogenated alkanes) is 2. The summed E-state index contributed by atoms with van der Waals surface area (Å²) in [6.45, 7) is 3.94. The minimum absolute atomic E-state index is 0.116. The van der Waals surface area contributed by atoms with Crippen molar-refractivity contribution in [3.8, 4) is 0 Å². The van der Waals surface area contributed by atoms with Crippen molar-refractivity contribution in [1.82, 2.24) is 5.32 Å². The molecule has 0 radical (unpaired) electrons. The molecular weight excluding hydrogens is 348 g/mol. The summed E-state index contributed by atoms with van der Waals surface area (Å²) in [4.78, 5) is 12.5. The smallest absolute Gasteiger partial charge is 0.283 e. The average Bonchev–Trinajstić information content (AvgIpc) is 2.62. The van der Waals surface area contributed by atoms with E-state index in [1.807, 2.05) is 13.0 Å².